The van der Waals surface area contributed by atoms with E-state index in [1.165, 1.54) is 16.7 Å². The molecule has 2 unspecified atom stereocenters. The SMILES string of the molecule is CC1=CS[C@@H]2C(N)C(=O)N2C1C(=O)OCc1ccccc1. The van der Waals surface area contributed by atoms with Crippen LogP contribution in [-0.4, -0.2) is 34.2 Å². The van der Waals surface area contributed by atoms with Crippen molar-refractivity contribution in [1.29, 1.82) is 0 Å². The third kappa shape index (κ3) is 2.45. The first-order chi connectivity index (χ1) is 10.1. The predicted octanol–water partition coefficient (Wildman–Crippen LogP) is 1.24. The number of amides is 1. The predicted molar refractivity (Wildman–Crippen MR) is 80.0 cm³/mol. The lowest BCUT2D eigenvalue weighted by Gasteiger charge is -2.50. The van der Waals surface area contributed by atoms with Gasteiger partial charge in [-0.3, -0.25) is 4.79 Å². The second kappa shape index (κ2) is 5.54. The molecular formula is C15H16N2O3S. The number of fused-ring (bicyclic) bond motifs is 1. The standard InChI is InChI=1S/C15H16N2O3S/c1-9-8-21-14-11(16)13(18)17(14)12(9)15(19)20-7-10-5-3-2-4-6-10/h2-6,8,11-12,14H,7,16H2,1H3/t11?,12?,14-/m1/s1. The summed E-state index contributed by atoms with van der Waals surface area (Å²) in [6, 6.07) is 8.29. The van der Waals surface area contributed by atoms with Gasteiger partial charge in [0.15, 0.2) is 6.04 Å². The first-order valence-electron chi connectivity index (χ1n) is 6.70. The minimum atomic E-state index is -0.646. The van der Waals surface area contributed by atoms with Crippen LogP contribution < -0.4 is 5.73 Å². The Hall–Kier alpha value is -1.79. The van der Waals surface area contributed by atoms with E-state index >= 15 is 0 Å². The maximum Gasteiger partial charge on any atom is 0.333 e. The van der Waals surface area contributed by atoms with Crippen LogP contribution in [0.2, 0.25) is 0 Å². The Labute approximate surface area is 127 Å². The number of thioether (sulfide) groups is 1. The van der Waals surface area contributed by atoms with Gasteiger partial charge in [-0.2, -0.15) is 0 Å². The number of rotatable bonds is 3. The maximum absolute atomic E-state index is 12.3. The number of benzene rings is 1. The van der Waals surface area contributed by atoms with Crippen molar-refractivity contribution in [2.24, 2.45) is 5.73 Å². The second-order valence-electron chi connectivity index (χ2n) is 5.16. The van der Waals surface area contributed by atoms with E-state index in [0.29, 0.717) is 0 Å². The van der Waals surface area contributed by atoms with Crippen molar-refractivity contribution in [3.8, 4) is 0 Å². The summed E-state index contributed by atoms with van der Waals surface area (Å²) < 4.78 is 5.35. The van der Waals surface area contributed by atoms with E-state index in [1.54, 1.807) is 0 Å². The molecule has 2 aliphatic heterocycles. The van der Waals surface area contributed by atoms with Crippen LogP contribution in [0.15, 0.2) is 41.3 Å². The van der Waals surface area contributed by atoms with Crippen LogP contribution in [0.3, 0.4) is 0 Å². The lowest BCUT2D eigenvalue weighted by atomic mass is 10.00. The van der Waals surface area contributed by atoms with Gasteiger partial charge in [0.25, 0.3) is 0 Å². The molecule has 5 nitrogen and oxygen atoms in total. The quantitative estimate of drug-likeness (QED) is 0.672. The highest BCUT2D eigenvalue weighted by Crippen LogP contribution is 2.39. The molecule has 1 aromatic carbocycles. The lowest BCUT2D eigenvalue weighted by Crippen LogP contribution is -2.72. The first kappa shape index (κ1) is 14.2. The average molecular weight is 304 g/mol. The zero-order chi connectivity index (χ0) is 15.0. The van der Waals surface area contributed by atoms with Crippen LogP contribution >= 0.6 is 11.8 Å². The Balaban J connectivity index is 1.70. The van der Waals surface area contributed by atoms with Crippen molar-refractivity contribution in [3.05, 3.63) is 46.9 Å². The summed E-state index contributed by atoms with van der Waals surface area (Å²) in [5.74, 6) is -0.597. The molecular weight excluding hydrogens is 288 g/mol. The number of hydrogen-bond donors (Lipinski definition) is 1. The molecule has 2 aliphatic rings. The van der Waals surface area contributed by atoms with Gasteiger partial charge in [0.1, 0.15) is 18.0 Å². The van der Waals surface area contributed by atoms with Crippen molar-refractivity contribution >= 4 is 23.6 Å². The highest BCUT2D eigenvalue weighted by Gasteiger charge is 2.53. The fourth-order valence-corrected chi connectivity index (χ4v) is 3.63. The third-order valence-electron chi connectivity index (χ3n) is 3.67. The van der Waals surface area contributed by atoms with Gasteiger partial charge in [-0.05, 0) is 23.5 Å². The van der Waals surface area contributed by atoms with Crippen molar-refractivity contribution < 1.29 is 14.3 Å². The fraction of sp³-hybridized carbons (Fsp3) is 0.333. The van der Waals surface area contributed by atoms with Crippen molar-refractivity contribution in [3.63, 3.8) is 0 Å². The number of carbonyl (C=O) groups excluding carboxylic acids is 2. The van der Waals surface area contributed by atoms with E-state index in [2.05, 4.69) is 0 Å². The molecule has 2 heterocycles. The maximum atomic E-state index is 12.3. The molecule has 3 rings (SSSR count). The van der Waals surface area contributed by atoms with Crippen LogP contribution in [0.25, 0.3) is 0 Å². The molecule has 0 radical (unpaired) electrons. The molecule has 0 aromatic heterocycles. The van der Waals surface area contributed by atoms with Crippen molar-refractivity contribution in [2.45, 2.75) is 31.0 Å². The molecule has 0 aliphatic carbocycles. The average Bonchev–Trinajstić information content (AvgIpc) is 2.52. The number of nitrogens with two attached hydrogens (primary N) is 1. The molecule has 3 atom stereocenters. The normalized spacial score (nSPS) is 27.5. The molecule has 0 spiro atoms. The molecule has 1 fully saturated rings. The molecule has 21 heavy (non-hydrogen) atoms. The lowest BCUT2D eigenvalue weighted by molar-refractivity contribution is -0.162. The summed E-state index contributed by atoms with van der Waals surface area (Å²) in [6.45, 7) is 2.03. The number of nitrogens with zero attached hydrogens (tertiary/aromatic N) is 1. The molecule has 0 saturated carbocycles. The zero-order valence-corrected chi connectivity index (χ0v) is 12.4. The summed E-state index contributed by atoms with van der Waals surface area (Å²) in [5.41, 5.74) is 7.49. The summed E-state index contributed by atoms with van der Waals surface area (Å²) >= 11 is 1.48. The Bertz CT molecular complexity index is 602. The highest BCUT2D eigenvalue weighted by molar-refractivity contribution is 8.02. The number of β-lactam (4-membered cyclic amide) rings is 1. The Morgan fingerprint density at radius 2 is 2.10 bits per heavy atom. The number of hydrogen-bond acceptors (Lipinski definition) is 5. The molecule has 110 valence electrons. The Morgan fingerprint density at radius 1 is 1.38 bits per heavy atom. The van der Waals surface area contributed by atoms with E-state index in [0.717, 1.165) is 11.1 Å². The minimum absolute atomic E-state index is 0.157. The summed E-state index contributed by atoms with van der Waals surface area (Å²) in [5, 5.41) is 1.73. The van der Waals surface area contributed by atoms with Crippen LogP contribution in [0.5, 0.6) is 0 Å². The van der Waals surface area contributed by atoms with E-state index < -0.39 is 18.1 Å². The van der Waals surface area contributed by atoms with Gasteiger partial charge in [0.2, 0.25) is 5.91 Å². The summed E-state index contributed by atoms with van der Waals surface area (Å²) in [6.07, 6.45) is 0. The molecule has 2 N–H and O–H groups in total. The van der Waals surface area contributed by atoms with Crippen LogP contribution in [0.4, 0.5) is 0 Å². The minimum Gasteiger partial charge on any atom is -0.459 e. The van der Waals surface area contributed by atoms with Gasteiger partial charge in [-0.25, -0.2) is 4.79 Å². The van der Waals surface area contributed by atoms with Crippen molar-refractivity contribution in [2.75, 3.05) is 0 Å². The Kier molecular flexibility index (Phi) is 3.73. The smallest absolute Gasteiger partial charge is 0.333 e. The van der Waals surface area contributed by atoms with Gasteiger partial charge in [0, 0.05) is 0 Å². The van der Waals surface area contributed by atoms with Gasteiger partial charge in [0.05, 0.1) is 0 Å². The molecule has 1 saturated heterocycles. The second-order valence-corrected chi connectivity index (χ2v) is 6.15. The highest BCUT2D eigenvalue weighted by atomic mass is 32.2. The fourth-order valence-electron chi connectivity index (χ4n) is 2.50. The van der Waals surface area contributed by atoms with Gasteiger partial charge < -0.3 is 15.4 Å². The zero-order valence-electron chi connectivity index (χ0n) is 11.6. The number of carbonyl (C=O) groups is 2. The van der Waals surface area contributed by atoms with Crippen LogP contribution in [-0.2, 0) is 20.9 Å². The van der Waals surface area contributed by atoms with Crippen LogP contribution in [0, 0.1) is 0 Å². The van der Waals surface area contributed by atoms with Crippen LogP contribution in [0.1, 0.15) is 12.5 Å². The molecule has 6 heteroatoms. The largest absolute Gasteiger partial charge is 0.459 e. The molecule has 1 amide bonds. The van der Waals surface area contributed by atoms with E-state index in [4.69, 9.17) is 10.5 Å². The topological polar surface area (TPSA) is 72.6 Å². The summed E-state index contributed by atoms with van der Waals surface area (Å²) in [4.78, 5) is 25.7. The van der Waals surface area contributed by atoms with Gasteiger partial charge in [-0.1, -0.05) is 30.3 Å². The number of esters is 1. The first-order valence-corrected chi connectivity index (χ1v) is 7.64. The molecule has 0 bridgehead atoms. The van der Waals surface area contributed by atoms with E-state index in [-0.39, 0.29) is 17.9 Å². The molecule has 1 aromatic rings. The van der Waals surface area contributed by atoms with Gasteiger partial charge in [-0.15, -0.1) is 11.8 Å². The van der Waals surface area contributed by atoms with Gasteiger partial charge >= 0.3 is 5.97 Å². The van der Waals surface area contributed by atoms with Crippen molar-refractivity contribution in [1.82, 2.24) is 4.90 Å². The Morgan fingerprint density at radius 3 is 2.81 bits per heavy atom. The summed E-state index contributed by atoms with van der Waals surface area (Å²) in [7, 11) is 0. The van der Waals surface area contributed by atoms with E-state index in [1.807, 2.05) is 42.7 Å². The van der Waals surface area contributed by atoms with E-state index in [9.17, 15) is 9.59 Å². The monoisotopic (exact) mass is 304 g/mol. The third-order valence-corrected chi connectivity index (χ3v) is 4.98. The number of ether oxygens (including phenoxy) is 1.